The van der Waals surface area contributed by atoms with Gasteiger partial charge in [0.05, 0.1) is 12.5 Å². The first kappa shape index (κ1) is 9.39. The predicted octanol–water partition coefficient (Wildman–Crippen LogP) is -0.473. The molecule has 0 spiro atoms. The third kappa shape index (κ3) is 4.29. The molecule has 0 fully saturated rings. The van der Waals surface area contributed by atoms with Crippen LogP contribution in [0.5, 0.6) is 0 Å². The molecule has 4 heteroatoms. The van der Waals surface area contributed by atoms with E-state index in [1.54, 1.807) is 0 Å². The molecule has 0 aromatic rings. The predicted molar refractivity (Wildman–Crippen MR) is 37.9 cm³/mol. The van der Waals surface area contributed by atoms with Crippen LogP contribution in [0.15, 0.2) is 0 Å². The summed E-state index contributed by atoms with van der Waals surface area (Å²) in [6, 6.07) is 0. The van der Waals surface area contributed by atoms with Gasteiger partial charge in [0.15, 0.2) is 0 Å². The van der Waals surface area contributed by atoms with Gasteiger partial charge in [-0.3, -0.25) is 10.2 Å². The molecule has 0 aliphatic heterocycles. The normalized spacial score (nSPS) is 12.7. The van der Waals surface area contributed by atoms with E-state index in [2.05, 4.69) is 0 Å². The van der Waals surface area contributed by atoms with Crippen molar-refractivity contribution < 1.29 is 9.90 Å². The summed E-state index contributed by atoms with van der Waals surface area (Å²) in [7, 11) is 0. The molecule has 0 heterocycles. The van der Waals surface area contributed by atoms with Gasteiger partial charge in [-0.2, -0.15) is 0 Å². The molecule has 0 rings (SSSR count). The molecular weight excluding hydrogens is 132 g/mol. The van der Waals surface area contributed by atoms with Crippen molar-refractivity contribution in [1.82, 2.24) is 5.43 Å². The van der Waals surface area contributed by atoms with Gasteiger partial charge in [0, 0.05) is 0 Å². The van der Waals surface area contributed by atoms with E-state index in [4.69, 9.17) is 10.9 Å². The lowest BCUT2D eigenvalue weighted by Crippen LogP contribution is -2.32. The monoisotopic (exact) mass is 146 g/mol. The topological polar surface area (TPSA) is 75.3 Å². The van der Waals surface area contributed by atoms with Crippen molar-refractivity contribution in [2.45, 2.75) is 32.3 Å². The summed E-state index contributed by atoms with van der Waals surface area (Å²) >= 11 is 0. The number of nitrogens with two attached hydrogens (primary N) is 1. The van der Waals surface area contributed by atoms with Crippen LogP contribution >= 0.6 is 0 Å². The Bertz CT molecular complexity index is 106. The minimum absolute atomic E-state index is 0.102. The zero-order chi connectivity index (χ0) is 7.98. The van der Waals surface area contributed by atoms with Crippen molar-refractivity contribution in [2.24, 2.45) is 5.84 Å². The number of carbonyl (C=O) groups excluding carboxylic acids is 1. The first-order valence-corrected chi connectivity index (χ1v) is 3.38. The molecule has 60 valence electrons. The first-order valence-electron chi connectivity index (χ1n) is 3.38. The van der Waals surface area contributed by atoms with Gasteiger partial charge in [-0.15, -0.1) is 0 Å². The van der Waals surface area contributed by atoms with E-state index in [1.807, 2.05) is 12.3 Å². The molecule has 10 heavy (non-hydrogen) atoms. The van der Waals surface area contributed by atoms with Crippen LogP contribution in [0.25, 0.3) is 0 Å². The number of rotatable bonds is 4. The maximum absolute atomic E-state index is 10.5. The Morgan fingerprint density at radius 1 is 1.80 bits per heavy atom. The molecule has 4 nitrogen and oxygen atoms in total. The number of hydrogen-bond donors (Lipinski definition) is 3. The zero-order valence-electron chi connectivity index (χ0n) is 6.13. The molecule has 0 aliphatic carbocycles. The van der Waals surface area contributed by atoms with E-state index < -0.39 is 6.10 Å². The number of amides is 1. The van der Waals surface area contributed by atoms with Gasteiger partial charge in [0.2, 0.25) is 5.91 Å². The first-order chi connectivity index (χ1) is 4.70. The Balaban J connectivity index is 3.37. The fourth-order valence-corrected chi connectivity index (χ4v) is 0.708. The SMILES string of the molecule is CCC[C@@H](O)CC(=O)NN. The van der Waals surface area contributed by atoms with Crippen LogP contribution in [0.3, 0.4) is 0 Å². The molecule has 0 unspecified atom stereocenters. The molecule has 1 amide bonds. The quantitative estimate of drug-likeness (QED) is 0.285. The smallest absolute Gasteiger partial charge is 0.236 e. The fraction of sp³-hybridized carbons (Fsp3) is 0.833. The molecule has 4 N–H and O–H groups in total. The van der Waals surface area contributed by atoms with Crippen LogP contribution in [0, 0.1) is 0 Å². The number of aliphatic hydroxyl groups excluding tert-OH is 1. The van der Waals surface area contributed by atoms with E-state index in [9.17, 15) is 4.79 Å². The van der Waals surface area contributed by atoms with Gasteiger partial charge >= 0.3 is 0 Å². The van der Waals surface area contributed by atoms with E-state index >= 15 is 0 Å². The maximum Gasteiger partial charge on any atom is 0.236 e. The Morgan fingerprint density at radius 2 is 2.40 bits per heavy atom. The van der Waals surface area contributed by atoms with Gasteiger partial charge in [-0.05, 0) is 6.42 Å². The number of hydrogen-bond acceptors (Lipinski definition) is 3. The molecule has 0 saturated carbocycles. The lowest BCUT2D eigenvalue weighted by Gasteiger charge is -2.06. The van der Waals surface area contributed by atoms with Gasteiger partial charge in [0.25, 0.3) is 0 Å². The second kappa shape index (κ2) is 5.20. The Labute approximate surface area is 60.4 Å². The van der Waals surface area contributed by atoms with Crippen LogP contribution in [0.2, 0.25) is 0 Å². The third-order valence-electron chi connectivity index (χ3n) is 1.20. The summed E-state index contributed by atoms with van der Waals surface area (Å²) in [5, 5.41) is 9.03. The lowest BCUT2D eigenvalue weighted by atomic mass is 10.1. The Hall–Kier alpha value is -0.610. The minimum atomic E-state index is -0.548. The highest BCUT2D eigenvalue weighted by molar-refractivity contribution is 5.75. The zero-order valence-corrected chi connectivity index (χ0v) is 6.13. The fourth-order valence-electron chi connectivity index (χ4n) is 0.708. The summed E-state index contributed by atoms with van der Waals surface area (Å²) in [5.74, 6) is 4.49. The molecule has 0 radical (unpaired) electrons. The number of aliphatic hydroxyl groups is 1. The van der Waals surface area contributed by atoms with Gasteiger partial charge in [0.1, 0.15) is 0 Å². The van der Waals surface area contributed by atoms with Crippen LogP contribution in [-0.2, 0) is 4.79 Å². The van der Waals surface area contributed by atoms with Crippen molar-refractivity contribution >= 4 is 5.91 Å². The molecule has 0 bridgehead atoms. The maximum atomic E-state index is 10.5. The van der Waals surface area contributed by atoms with E-state index in [0.717, 1.165) is 6.42 Å². The Kier molecular flexibility index (Phi) is 4.88. The van der Waals surface area contributed by atoms with Crippen molar-refractivity contribution in [3.63, 3.8) is 0 Å². The van der Waals surface area contributed by atoms with Crippen molar-refractivity contribution in [3.8, 4) is 0 Å². The number of carbonyl (C=O) groups is 1. The number of nitrogens with one attached hydrogen (secondary N) is 1. The summed E-state index contributed by atoms with van der Waals surface area (Å²) in [6.07, 6.45) is 1.07. The molecule has 1 atom stereocenters. The van der Waals surface area contributed by atoms with E-state index in [1.165, 1.54) is 0 Å². The van der Waals surface area contributed by atoms with Gasteiger partial charge < -0.3 is 5.11 Å². The molecule has 0 aromatic heterocycles. The second-order valence-corrected chi connectivity index (χ2v) is 2.21. The van der Waals surface area contributed by atoms with Crippen molar-refractivity contribution in [2.75, 3.05) is 0 Å². The van der Waals surface area contributed by atoms with Gasteiger partial charge in [-0.1, -0.05) is 13.3 Å². The minimum Gasteiger partial charge on any atom is -0.393 e. The lowest BCUT2D eigenvalue weighted by molar-refractivity contribution is -0.123. The number of hydrazine groups is 1. The highest BCUT2D eigenvalue weighted by Gasteiger charge is 2.07. The van der Waals surface area contributed by atoms with Crippen LogP contribution in [0.1, 0.15) is 26.2 Å². The summed E-state index contributed by atoms with van der Waals surface area (Å²) in [6.45, 7) is 1.95. The largest absolute Gasteiger partial charge is 0.393 e. The summed E-state index contributed by atoms with van der Waals surface area (Å²) in [4.78, 5) is 10.5. The van der Waals surface area contributed by atoms with E-state index in [0.29, 0.717) is 6.42 Å². The standard InChI is InChI=1S/C6H14N2O2/c1-2-3-5(9)4-6(10)8-7/h5,9H,2-4,7H2,1H3,(H,8,10)/t5-/m1/s1. The second-order valence-electron chi connectivity index (χ2n) is 2.21. The van der Waals surface area contributed by atoms with E-state index in [-0.39, 0.29) is 12.3 Å². The summed E-state index contributed by atoms with van der Waals surface area (Å²) < 4.78 is 0. The van der Waals surface area contributed by atoms with Crippen LogP contribution in [-0.4, -0.2) is 17.1 Å². The average Bonchev–Trinajstić information content (AvgIpc) is 1.88. The van der Waals surface area contributed by atoms with Crippen molar-refractivity contribution in [1.29, 1.82) is 0 Å². The van der Waals surface area contributed by atoms with Gasteiger partial charge in [-0.25, -0.2) is 5.84 Å². The molecule has 0 saturated heterocycles. The summed E-state index contributed by atoms with van der Waals surface area (Å²) in [5.41, 5.74) is 1.96. The van der Waals surface area contributed by atoms with Crippen LogP contribution < -0.4 is 11.3 Å². The Morgan fingerprint density at radius 3 is 2.80 bits per heavy atom. The molecular formula is C6H14N2O2. The molecule has 0 aliphatic rings. The average molecular weight is 146 g/mol. The van der Waals surface area contributed by atoms with Crippen molar-refractivity contribution in [3.05, 3.63) is 0 Å². The van der Waals surface area contributed by atoms with Crippen LogP contribution in [0.4, 0.5) is 0 Å². The highest BCUT2D eigenvalue weighted by atomic mass is 16.3. The molecule has 0 aromatic carbocycles. The third-order valence-corrected chi connectivity index (χ3v) is 1.20. The highest BCUT2D eigenvalue weighted by Crippen LogP contribution is 1.99.